The van der Waals surface area contributed by atoms with Gasteiger partial charge in [0.25, 0.3) is 5.91 Å². The van der Waals surface area contributed by atoms with Gasteiger partial charge in [-0.05, 0) is 96.2 Å². The van der Waals surface area contributed by atoms with Crippen molar-refractivity contribution >= 4 is 29.1 Å². The molecule has 9 heteroatoms. The van der Waals surface area contributed by atoms with Crippen LogP contribution >= 0.6 is 11.6 Å². The van der Waals surface area contributed by atoms with Crippen LogP contribution in [-0.4, -0.2) is 38.2 Å². The molecule has 0 saturated carbocycles. The van der Waals surface area contributed by atoms with Crippen molar-refractivity contribution in [1.82, 2.24) is 30.4 Å². The van der Waals surface area contributed by atoms with Crippen LogP contribution in [0.1, 0.15) is 77.9 Å². The van der Waals surface area contributed by atoms with E-state index in [-0.39, 0.29) is 12.0 Å². The van der Waals surface area contributed by atoms with Gasteiger partial charge in [0.2, 0.25) is 5.91 Å². The molecule has 0 aliphatic carbocycles. The Balaban J connectivity index is 1.95. The lowest BCUT2D eigenvalue weighted by atomic mass is 9.92. The summed E-state index contributed by atoms with van der Waals surface area (Å²) in [6, 6.07) is -0.439. The van der Waals surface area contributed by atoms with Gasteiger partial charge in [-0.15, -0.1) is 10.2 Å². The number of carbonyl (C=O) groups is 2. The van der Waals surface area contributed by atoms with Crippen LogP contribution in [-0.2, 0) is 15.0 Å². The maximum Gasteiger partial charge on any atom is 0.297 e. The van der Waals surface area contributed by atoms with Gasteiger partial charge in [-0.3, -0.25) is 14.7 Å². The average Bonchev–Trinajstić information content (AvgIpc) is 3.53. The zero-order chi connectivity index (χ0) is 31.5. The molecule has 8 nitrogen and oxygen atoms in total. The van der Waals surface area contributed by atoms with E-state index in [0.29, 0.717) is 22.9 Å². The molecule has 0 fully saturated rings. The van der Waals surface area contributed by atoms with Crippen LogP contribution in [0.2, 0.25) is 5.02 Å². The molecule has 2 aromatic rings. The molecule has 1 atom stereocenters. The molecule has 0 spiro atoms. The molecule has 1 unspecified atom stereocenters. The molecular formula is C34H29ClN6O2. The van der Waals surface area contributed by atoms with E-state index in [9.17, 15) is 9.59 Å². The number of aromatic amines is 1. The molecule has 0 aliphatic rings. The third kappa shape index (κ3) is 11.8. The van der Waals surface area contributed by atoms with Gasteiger partial charge in [-0.25, -0.2) is 4.52 Å². The van der Waals surface area contributed by atoms with Gasteiger partial charge in [0.1, 0.15) is 5.02 Å². The van der Waals surface area contributed by atoms with Crippen LogP contribution in [0, 0.1) is 94.7 Å². The zero-order valence-electron chi connectivity index (χ0n) is 24.6. The third-order valence-electron chi connectivity index (χ3n) is 5.34. The number of unbranched alkanes of at least 4 members (excludes halogenated alkanes) is 2. The molecule has 214 valence electrons. The molecule has 2 heterocycles. The molecule has 2 rings (SSSR count). The minimum absolute atomic E-state index is 0.238. The fraction of sp³-hybridized carbons (Fsp3) is 0.353. The number of carbonyl (C=O) groups excluding carboxylic acids is 2. The Kier molecular flexibility index (Phi) is 14.0. The largest absolute Gasteiger partial charge is 0.344 e. The summed E-state index contributed by atoms with van der Waals surface area (Å²) in [5, 5.41) is 17.7. The molecule has 0 radical (unpaired) electrons. The number of hydrogen-bond acceptors (Lipinski definition) is 4. The zero-order valence-corrected chi connectivity index (χ0v) is 25.4. The number of rotatable bonds is 8. The van der Waals surface area contributed by atoms with Crippen LogP contribution in [0.25, 0.3) is 5.65 Å². The minimum atomic E-state index is -0.654. The van der Waals surface area contributed by atoms with Gasteiger partial charge in [-0.2, -0.15) is 0 Å². The Morgan fingerprint density at radius 3 is 1.98 bits per heavy atom. The highest BCUT2D eigenvalue weighted by molar-refractivity contribution is 6.34. The Morgan fingerprint density at radius 1 is 0.884 bits per heavy atom. The van der Waals surface area contributed by atoms with E-state index < -0.39 is 17.9 Å². The molecule has 2 amide bonds. The summed E-state index contributed by atoms with van der Waals surface area (Å²) in [6.07, 6.45) is 3.52. The molecule has 0 aliphatic heterocycles. The van der Waals surface area contributed by atoms with E-state index >= 15 is 0 Å². The number of H-pyrrole nitrogens is 1. The number of amides is 2. The van der Waals surface area contributed by atoms with Crippen molar-refractivity contribution in [2.24, 2.45) is 0 Å². The van der Waals surface area contributed by atoms with Crippen molar-refractivity contribution in [3.8, 4) is 94.7 Å². The summed E-state index contributed by atoms with van der Waals surface area (Å²) in [7, 11) is 0. The van der Waals surface area contributed by atoms with Crippen LogP contribution in [0.4, 0.5) is 0 Å². The summed E-state index contributed by atoms with van der Waals surface area (Å²) >= 11 is 6.56. The van der Waals surface area contributed by atoms with Gasteiger partial charge in [0.05, 0.1) is 18.3 Å². The van der Waals surface area contributed by atoms with E-state index in [0.717, 1.165) is 25.0 Å². The third-order valence-corrected chi connectivity index (χ3v) is 5.70. The molecule has 0 saturated heterocycles. The lowest BCUT2D eigenvalue weighted by Crippen LogP contribution is -2.39. The summed E-state index contributed by atoms with van der Waals surface area (Å²) in [5.74, 6) is 39.2. The van der Waals surface area contributed by atoms with E-state index in [1.165, 1.54) is 0 Å². The van der Waals surface area contributed by atoms with Gasteiger partial charge in [0.15, 0.2) is 11.5 Å². The highest BCUT2D eigenvalue weighted by atomic mass is 35.5. The van der Waals surface area contributed by atoms with Crippen molar-refractivity contribution in [3.63, 3.8) is 0 Å². The van der Waals surface area contributed by atoms with E-state index in [4.69, 9.17) is 11.6 Å². The molecule has 0 bridgehead atoms. The lowest BCUT2D eigenvalue weighted by molar-refractivity contribution is -0.124. The van der Waals surface area contributed by atoms with Crippen LogP contribution in [0.5, 0.6) is 0 Å². The first-order valence-corrected chi connectivity index (χ1v) is 13.7. The molecule has 43 heavy (non-hydrogen) atoms. The summed E-state index contributed by atoms with van der Waals surface area (Å²) < 4.78 is 1.71. The predicted octanol–water partition coefficient (Wildman–Crippen LogP) is 2.91. The van der Waals surface area contributed by atoms with E-state index in [1.807, 2.05) is 20.8 Å². The maximum atomic E-state index is 12.7. The Bertz CT molecular complexity index is 1860. The SMILES string of the molecule is CC#CC#CC#CC#CC#CC#CC#CC#CC(=O)NCC(=O)NC(CCCCC)c1nnc2c(Cl)c(C(C)(C)C)[nH]n12. The highest BCUT2D eigenvalue weighted by Gasteiger charge is 2.27. The fourth-order valence-electron chi connectivity index (χ4n) is 3.38. The second kappa shape index (κ2) is 17.9. The first-order valence-electron chi connectivity index (χ1n) is 13.3. The monoisotopic (exact) mass is 588 g/mol. The molecule has 3 N–H and O–H groups in total. The number of hydrogen-bond donors (Lipinski definition) is 3. The van der Waals surface area contributed by atoms with Gasteiger partial charge >= 0.3 is 0 Å². The smallest absolute Gasteiger partial charge is 0.297 e. The summed E-state index contributed by atoms with van der Waals surface area (Å²) in [6.45, 7) is 9.63. The van der Waals surface area contributed by atoms with Gasteiger partial charge in [-0.1, -0.05) is 64.5 Å². The minimum Gasteiger partial charge on any atom is -0.344 e. The van der Waals surface area contributed by atoms with Crippen LogP contribution in [0.15, 0.2) is 0 Å². The molecule has 2 aromatic heterocycles. The van der Waals surface area contributed by atoms with Crippen LogP contribution < -0.4 is 10.6 Å². The van der Waals surface area contributed by atoms with E-state index in [1.54, 1.807) is 11.4 Å². The molecular weight excluding hydrogens is 560 g/mol. The second-order valence-corrected chi connectivity index (χ2v) is 10.1. The predicted molar refractivity (Wildman–Crippen MR) is 167 cm³/mol. The lowest BCUT2D eigenvalue weighted by Gasteiger charge is -2.18. The van der Waals surface area contributed by atoms with Crippen LogP contribution in [0.3, 0.4) is 0 Å². The second-order valence-electron chi connectivity index (χ2n) is 9.69. The quantitative estimate of drug-likeness (QED) is 0.326. The van der Waals surface area contributed by atoms with Gasteiger partial charge < -0.3 is 10.6 Å². The Morgan fingerprint density at radius 2 is 1.44 bits per heavy atom. The Hall–Kier alpha value is -5.61. The topological polar surface area (TPSA) is 104 Å². The number of nitrogens with one attached hydrogen (secondary N) is 3. The van der Waals surface area contributed by atoms with Crippen molar-refractivity contribution in [2.75, 3.05) is 6.54 Å². The maximum absolute atomic E-state index is 12.7. The first-order chi connectivity index (χ1) is 20.7. The van der Waals surface area contributed by atoms with Crippen molar-refractivity contribution in [1.29, 1.82) is 0 Å². The number of halogens is 1. The van der Waals surface area contributed by atoms with Crippen molar-refractivity contribution < 1.29 is 9.59 Å². The molecule has 0 aromatic carbocycles. The number of nitrogens with zero attached hydrogens (tertiary/aromatic N) is 3. The summed E-state index contributed by atoms with van der Waals surface area (Å²) in [4.78, 5) is 24.7. The van der Waals surface area contributed by atoms with Gasteiger partial charge in [0, 0.05) is 11.3 Å². The first kappa shape index (κ1) is 33.6. The average molecular weight is 589 g/mol. The summed E-state index contributed by atoms with van der Waals surface area (Å²) in [5.41, 5.74) is 1.08. The fourth-order valence-corrected chi connectivity index (χ4v) is 3.83. The van der Waals surface area contributed by atoms with Crippen molar-refractivity contribution in [2.45, 2.75) is 71.8 Å². The number of fused-ring (bicyclic) bond motifs is 1. The normalized spacial score (nSPS) is 9.63. The number of aromatic nitrogens is 4. The standard InChI is InChI=1S/C34H29ClN6O2/c1-6-8-10-11-12-13-14-15-16-17-18-19-20-21-23-25-28(42)36-26-29(43)37-27(24-22-9-7-2)32-38-39-33-30(35)31(34(3,4)5)40-41(32)33/h27,40H,7,9,22,24,26H2,1-5H3,(H,36,42)(H,37,43). The Labute approximate surface area is 258 Å². The van der Waals surface area contributed by atoms with E-state index in [2.05, 4.69) is 128 Å². The highest BCUT2D eigenvalue weighted by Crippen LogP contribution is 2.32. The van der Waals surface area contributed by atoms with Crippen molar-refractivity contribution in [3.05, 3.63) is 16.5 Å².